The number of amides is 3. The molecule has 0 spiro atoms. The number of carbonyl (C=O) groups excluding carboxylic acids is 5. The highest BCUT2D eigenvalue weighted by molar-refractivity contribution is 6.36. The summed E-state index contributed by atoms with van der Waals surface area (Å²) in [6.07, 6.45) is -0.499. The summed E-state index contributed by atoms with van der Waals surface area (Å²) in [7, 11) is 1.12. The van der Waals surface area contributed by atoms with Crippen molar-refractivity contribution < 1.29 is 33.4 Å². The molecule has 2 unspecified atom stereocenters. The van der Waals surface area contributed by atoms with Crippen molar-refractivity contribution in [2.24, 2.45) is 28.1 Å². The molecule has 1 heterocycles. The summed E-state index contributed by atoms with van der Waals surface area (Å²) >= 11 is 0. The number of carbonyl (C=O) groups is 5. The van der Waals surface area contributed by atoms with E-state index in [4.69, 9.17) is 4.74 Å². The second-order valence-corrected chi connectivity index (χ2v) is 14.5. The van der Waals surface area contributed by atoms with Crippen LogP contribution in [-0.2, 0) is 28.7 Å². The summed E-state index contributed by atoms with van der Waals surface area (Å²) in [5.41, 5.74) is -1.96. The highest BCUT2D eigenvalue weighted by atomic mass is 16.6. The fourth-order valence-corrected chi connectivity index (χ4v) is 5.37. The summed E-state index contributed by atoms with van der Waals surface area (Å²) in [6.45, 7) is 20.9. The van der Waals surface area contributed by atoms with E-state index in [0.717, 1.165) is 7.11 Å². The van der Waals surface area contributed by atoms with Crippen LogP contribution in [0.15, 0.2) is 0 Å². The Kier molecular flexibility index (Phi) is 8.71. The summed E-state index contributed by atoms with van der Waals surface area (Å²) in [5, 5.41) is 5.48. The number of rotatable bonds is 7. The van der Waals surface area contributed by atoms with E-state index in [2.05, 4.69) is 29.2 Å². The minimum absolute atomic E-state index is 0.0988. The number of alkyl carbamates (subject to hydrolysis) is 1. The molecule has 2 fully saturated rings. The van der Waals surface area contributed by atoms with Crippen molar-refractivity contribution in [3.8, 4) is 0 Å². The lowest BCUT2D eigenvalue weighted by Crippen LogP contribution is -2.60. The van der Waals surface area contributed by atoms with Crippen molar-refractivity contribution in [2.75, 3.05) is 13.7 Å². The third-order valence-electron chi connectivity index (χ3n) is 7.37. The maximum absolute atomic E-state index is 13.9. The van der Waals surface area contributed by atoms with E-state index in [0.29, 0.717) is 6.54 Å². The second kappa shape index (κ2) is 10.5. The first-order chi connectivity index (χ1) is 17.0. The standard InChI is InChI=1S/C28H47N3O7/c1-25(2,3)13-16(19(32)23(35)37-12)29-21(33)18-17-15(28(17,10)11)14-31(18)22(34)20(26(4,5)6)30-24(36)38-27(7,8)9/h15-18,20H,13-14H2,1-12H3,(H,29,33)(H,30,36)/t15?,16?,17-,18-,20+/m0/s1. The highest BCUT2D eigenvalue weighted by Gasteiger charge is 2.70. The zero-order valence-corrected chi connectivity index (χ0v) is 25.1. The van der Waals surface area contributed by atoms with Crippen molar-refractivity contribution in [1.82, 2.24) is 15.5 Å². The summed E-state index contributed by atoms with van der Waals surface area (Å²) in [4.78, 5) is 66.6. The lowest BCUT2D eigenvalue weighted by Gasteiger charge is -2.38. The van der Waals surface area contributed by atoms with Gasteiger partial charge < -0.3 is 25.0 Å². The van der Waals surface area contributed by atoms with E-state index >= 15 is 0 Å². The van der Waals surface area contributed by atoms with Crippen LogP contribution in [-0.4, -0.2) is 71.9 Å². The maximum atomic E-state index is 13.9. The smallest absolute Gasteiger partial charge is 0.408 e. The molecule has 0 bridgehead atoms. The van der Waals surface area contributed by atoms with Crippen LogP contribution in [0.3, 0.4) is 0 Å². The van der Waals surface area contributed by atoms with Gasteiger partial charge in [-0.25, -0.2) is 9.59 Å². The van der Waals surface area contributed by atoms with Crippen LogP contribution in [0.2, 0.25) is 0 Å². The van der Waals surface area contributed by atoms with Crippen LogP contribution in [0.25, 0.3) is 0 Å². The predicted molar refractivity (Wildman–Crippen MR) is 142 cm³/mol. The van der Waals surface area contributed by atoms with Gasteiger partial charge in [0.05, 0.1) is 13.2 Å². The van der Waals surface area contributed by atoms with Crippen LogP contribution in [0.4, 0.5) is 4.79 Å². The summed E-state index contributed by atoms with van der Waals surface area (Å²) < 4.78 is 10.0. The number of ketones is 1. The van der Waals surface area contributed by atoms with Crippen molar-refractivity contribution in [3.63, 3.8) is 0 Å². The van der Waals surface area contributed by atoms with Gasteiger partial charge >= 0.3 is 12.1 Å². The summed E-state index contributed by atoms with van der Waals surface area (Å²) in [6, 6.07) is -2.89. The minimum Gasteiger partial charge on any atom is -0.463 e. The zero-order valence-electron chi connectivity index (χ0n) is 25.1. The molecule has 0 aromatic carbocycles. The van der Waals surface area contributed by atoms with Crippen LogP contribution in [0.5, 0.6) is 0 Å². The van der Waals surface area contributed by atoms with E-state index in [9.17, 15) is 24.0 Å². The number of nitrogens with zero attached hydrogens (tertiary/aromatic N) is 1. The van der Waals surface area contributed by atoms with Crippen molar-refractivity contribution in [2.45, 2.75) is 106 Å². The Labute approximate surface area is 226 Å². The van der Waals surface area contributed by atoms with Crippen molar-refractivity contribution in [1.29, 1.82) is 0 Å². The molecule has 0 aromatic heterocycles. The number of esters is 1. The fraction of sp³-hybridized carbons (Fsp3) is 0.821. The van der Waals surface area contributed by atoms with Gasteiger partial charge in [0.15, 0.2) is 0 Å². The van der Waals surface area contributed by atoms with Gasteiger partial charge in [-0.2, -0.15) is 0 Å². The van der Waals surface area contributed by atoms with Crippen LogP contribution in [0, 0.1) is 28.1 Å². The van der Waals surface area contributed by atoms with Crippen LogP contribution < -0.4 is 10.6 Å². The SMILES string of the molecule is COC(=O)C(=O)C(CC(C)(C)C)NC(=O)[C@@H]1[C@@H]2C(CN1C(=O)[C@@H](NC(=O)OC(C)(C)C)C(C)(C)C)C2(C)C. The van der Waals surface area contributed by atoms with E-state index in [1.165, 1.54) is 4.90 Å². The Morgan fingerprint density at radius 2 is 1.50 bits per heavy atom. The second-order valence-electron chi connectivity index (χ2n) is 14.5. The van der Waals surface area contributed by atoms with Crippen molar-refractivity contribution >= 4 is 29.7 Å². The van der Waals surface area contributed by atoms with Gasteiger partial charge in [0, 0.05) is 6.54 Å². The third kappa shape index (κ3) is 7.26. The fourth-order valence-electron chi connectivity index (χ4n) is 5.37. The van der Waals surface area contributed by atoms with E-state index in [1.807, 2.05) is 41.5 Å². The van der Waals surface area contributed by atoms with Gasteiger partial charge in [0.2, 0.25) is 11.8 Å². The van der Waals surface area contributed by atoms with Crippen LogP contribution >= 0.6 is 0 Å². The number of hydrogen-bond acceptors (Lipinski definition) is 7. The number of methoxy groups -OCH3 is 1. The molecule has 5 atom stereocenters. The largest absolute Gasteiger partial charge is 0.463 e. The topological polar surface area (TPSA) is 131 Å². The highest BCUT2D eigenvalue weighted by Crippen LogP contribution is 2.65. The normalized spacial score (nSPS) is 24.0. The Morgan fingerprint density at radius 3 is 1.95 bits per heavy atom. The number of ether oxygens (including phenoxy) is 2. The molecular weight excluding hydrogens is 490 g/mol. The van der Waals surface area contributed by atoms with Gasteiger partial charge in [-0.15, -0.1) is 0 Å². The number of hydrogen-bond donors (Lipinski definition) is 2. The third-order valence-corrected chi connectivity index (χ3v) is 7.37. The number of nitrogens with one attached hydrogen (secondary N) is 2. The molecule has 0 radical (unpaired) electrons. The Morgan fingerprint density at radius 1 is 0.947 bits per heavy atom. The van der Waals surface area contributed by atoms with E-state index in [1.54, 1.807) is 20.8 Å². The first-order valence-corrected chi connectivity index (χ1v) is 13.2. The maximum Gasteiger partial charge on any atom is 0.408 e. The Hall–Kier alpha value is -2.65. The number of likely N-dealkylation sites (tertiary alicyclic amines) is 1. The molecule has 3 amide bonds. The average Bonchev–Trinajstić information content (AvgIpc) is 3.07. The molecule has 2 aliphatic rings. The first-order valence-electron chi connectivity index (χ1n) is 13.2. The lowest BCUT2D eigenvalue weighted by molar-refractivity contribution is -0.153. The molecule has 216 valence electrons. The Balaban J connectivity index is 2.36. The van der Waals surface area contributed by atoms with Gasteiger partial charge in [-0.3, -0.25) is 14.4 Å². The molecule has 0 aromatic rings. The predicted octanol–water partition coefficient (Wildman–Crippen LogP) is 3.07. The Bertz CT molecular complexity index is 968. The first kappa shape index (κ1) is 31.6. The summed E-state index contributed by atoms with van der Waals surface area (Å²) in [5.74, 6) is -2.76. The molecule has 10 nitrogen and oxygen atoms in total. The molecule has 2 rings (SSSR count). The zero-order chi connectivity index (χ0) is 29.6. The van der Waals surface area contributed by atoms with Crippen LogP contribution in [0.1, 0.15) is 82.6 Å². The molecule has 1 saturated carbocycles. The number of Topliss-reactive ketones (excluding diaryl/α,β-unsaturated/α-hetero) is 1. The minimum atomic E-state index is -1.09. The van der Waals surface area contributed by atoms with Gasteiger partial charge in [0.1, 0.15) is 17.7 Å². The molecule has 1 saturated heterocycles. The quantitative estimate of drug-likeness (QED) is 0.377. The van der Waals surface area contributed by atoms with Gasteiger partial charge in [-0.05, 0) is 55.3 Å². The average molecular weight is 538 g/mol. The van der Waals surface area contributed by atoms with Crippen molar-refractivity contribution in [3.05, 3.63) is 0 Å². The molecule has 1 aliphatic heterocycles. The monoisotopic (exact) mass is 537 g/mol. The van der Waals surface area contributed by atoms with Gasteiger partial charge in [-0.1, -0.05) is 55.4 Å². The lowest BCUT2D eigenvalue weighted by atomic mass is 9.85. The molecule has 10 heteroatoms. The van der Waals surface area contributed by atoms with E-state index in [-0.39, 0.29) is 29.1 Å². The number of piperidine rings is 1. The molecule has 38 heavy (non-hydrogen) atoms. The van der Waals surface area contributed by atoms with Gasteiger partial charge in [0.25, 0.3) is 5.78 Å². The van der Waals surface area contributed by atoms with E-state index < -0.39 is 58.8 Å². The molecule has 1 aliphatic carbocycles. The molecular formula is C28H47N3O7. The molecule has 2 N–H and O–H groups in total. The number of fused-ring (bicyclic) bond motifs is 1.